The number of aromatic nitrogens is 3. The zero-order valence-corrected chi connectivity index (χ0v) is 12.2. The molecule has 4 nitrogen and oxygen atoms in total. The highest BCUT2D eigenvalue weighted by atomic mass is 35.5. The van der Waals surface area contributed by atoms with Crippen LogP contribution in [0.4, 0.5) is 5.95 Å². The van der Waals surface area contributed by atoms with Crippen LogP contribution in [0.2, 0.25) is 5.02 Å². The molecule has 0 aliphatic rings. The second-order valence-corrected chi connectivity index (χ2v) is 5.19. The smallest absolute Gasteiger partial charge is 0.240 e. The van der Waals surface area contributed by atoms with Crippen molar-refractivity contribution in [2.75, 3.05) is 5.73 Å². The van der Waals surface area contributed by atoms with Crippen molar-refractivity contribution < 1.29 is 0 Å². The Morgan fingerprint density at radius 3 is 2.38 bits per heavy atom. The number of aryl methyl sites for hydroxylation is 1. The van der Waals surface area contributed by atoms with E-state index in [0.717, 1.165) is 16.7 Å². The van der Waals surface area contributed by atoms with Gasteiger partial charge in [-0.2, -0.15) is 0 Å². The van der Waals surface area contributed by atoms with E-state index in [-0.39, 0.29) is 5.95 Å². The quantitative estimate of drug-likeness (QED) is 0.782. The van der Waals surface area contributed by atoms with E-state index < -0.39 is 0 Å². The van der Waals surface area contributed by atoms with E-state index in [4.69, 9.17) is 17.3 Å². The molecule has 3 aromatic rings. The van der Waals surface area contributed by atoms with Crippen LogP contribution < -0.4 is 5.73 Å². The molecule has 104 valence electrons. The van der Waals surface area contributed by atoms with Gasteiger partial charge in [0.05, 0.1) is 0 Å². The van der Waals surface area contributed by atoms with Crippen LogP contribution in [0, 0.1) is 6.92 Å². The Bertz CT molecular complexity index is 767. The minimum absolute atomic E-state index is 0.149. The largest absolute Gasteiger partial charge is 0.366 e. The molecule has 1 aromatic heterocycles. The van der Waals surface area contributed by atoms with Gasteiger partial charge in [0, 0.05) is 16.1 Å². The van der Waals surface area contributed by atoms with Crippen LogP contribution in [0.5, 0.6) is 0 Å². The number of rotatable bonds is 2. The summed E-state index contributed by atoms with van der Waals surface area (Å²) in [7, 11) is 0. The van der Waals surface area contributed by atoms with E-state index in [9.17, 15) is 0 Å². The molecule has 0 radical (unpaired) electrons. The monoisotopic (exact) mass is 296 g/mol. The second-order valence-electron chi connectivity index (χ2n) is 4.75. The molecule has 3 rings (SSSR count). The topological polar surface area (TPSA) is 64.7 Å². The van der Waals surface area contributed by atoms with Gasteiger partial charge in [-0.15, -0.1) is 10.2 Å². The van der Waals surface area contributed by atoms with Crippen LogP contribution in [0.15, 0.2) is 48.5 Å². The van der Waals surface area contributed by atoms with Crippen molar-refractivity contribution in [1.82, 2.24) is 15.2 Å². The van der Waals surface area contributed by atoms with Gasteiger partial charge in [-0.25, -0.2) is 4.98 Å². The predicted molar refractivity (Wildman–Crippen MR) is 84.9 cm³/mol. The van der Waals surface area contributed by atoms with Gasteiger partial charge in [-0.1, -0.05) is 41.9 Å². The fraction of sp³-hybridized carbons (Fsp3) is 0.0625. The molecule has 0 unspecified atom stereocenters. The second kappa shape index (κ2) is 5.50. The molecule has 0 amide bonds. The molecule has 0 fully saturated rings. The maximum absolute atomic E-state index is 6.14. The number of hydrogen-bond donors (Lipinski definition) is 1. The van der Waals surface area contributed by atoms with Gasteiger partial charge >= 0.3 is 0 Å². The maximum atomic E-state index is 6.14. The zero-order valence-electron chi connectivity index (χ0n) is 11.4. The highest BCUT2D eigenvalue weighted by molar-refractivity contribution is 6.31. The number of anilines is 1. The first-order chi connectivity index (χ1) is 10.1. The Morgan fingerprint density at radius 2 is 1.67 bits per heavy atom. The lowest BCUT2D eigenvalue weighted by molar-refractivity contribution is 0.997. The molecule has 2 N–H and O–H groups in total. The fourth-order valence-electron chi connectivity index (χ4n) is 2.20. The summed E-state index contributed by atoms with van der Waals surface area (Å²) in [6, 6.07) is 15.5. The average Bonchev–Trinajstić information content (AvgIpc) is 2.47. The maximum Gasteiger partial charge on any atom is 0.240 e. The molecular weight excluding hydrogens is 284 g/mol. The van der Waals surface area contributed by atoms with E-state index in [1.165, 1.54) is 0 Å². The standard InChI is InChI=1S/C16H13ClN4/c1-10-7-12(9-13(17)8-10)15-14(19-16(18)21-20-15)11-5-3-2-4-6-11/h2-9H,1H3,(H2,18,19,21). The van der Waals surface area contributed by atoms with Gasteiger partial charge < -0.3 is 5.73 Å². The lowest BCUT2D eigenvalue weighted by Gasteiger charge is -2.09. The van der Waals surface area contributed by atoms with Gasteiger partial charge in [0.1, 0.15) is 11.4 Å². The number of hydrogen-bond acceptors (Lipinski definition) is 4. The van der Waals surface area contributed by atoms with Crippen molar-refractivity contribution in [2.24, 2.45) is 0 Å². The van der Waals surface area contributed by atoms with Crippen LogP contribution in [0.25, 0.3) is 22.5 Å². The molecule has 0 atom stereocenters. The highest BCUT2D eigenvalue weighted by Crippen LogP contribution is 2.30. The van der Waals surface area contributed by atoms with E-state index >= 15 is 0 Å². The molecule has 5 heteroatoms. The van der Waals surface area contributed by atoms with Crippen LogP contribution in [-0.4, -0.2) is 15.2 Å². The van der Waals surface area contributed by atoms with Crippen molar-refractivity contribution in [3.63, 3.8) is 0 Å². The number of halogens is 1. The summed E-state index contributed by atoms with van der Waals surface area (Å²) >= 11 is 6.14. The minimum atomic E-state index is 0.149. The molecule has 0 aliphatic heterocycles. The summed E-state index contributed by atoms with van der Waals surface area (Å²) in [6.07, 6.45) is 0. The van der Waals surface area contributed by atoms with E-state index in [0.29, 0.717) is 16.4 Å². The van der Waals surface area contributed by atoms with Crippen molar-refractivity contribution in [1.29, 1.82) is 0 Å². The number of nitrogens with two attached hydrogens (primary N) is 1. The van der Waals surface area contributed by atoms with Crippen LogP contribution in [0.1, 0.15) is 5.56 Å². The van der Waals surface area contributed by atoms with Crippen LogP contribution in [-0.2, 0) is 0 Å². The summed E-state index contributed by atoms with van der Waals surface area (Å²) < 4.78 is 0. The fourth-order valence-corrected chi connectivity index (χ4v) is 2.49. The molecule has 21 heavy (non-hydrogen) atoms. The molecule has 0 aliphatic carbocycles. The molecule has 1 heterocycles. The van der Waals surface area contributed by atoms with Gasteiger partial charge in [-0.05, 0) is 30.7 Å². The van der Waals surface area contributed by atoms with E-state index in [1.54, 1.807) is 0 Å². The predicted octanol–water partition coefficient (Wildman–Crippen LogP) is 3.75. The Kier molecular flexibility index (Phi) is 3.54. The lowest BCUT2D eigenvalue weighted by Crippen LogP contribution is -2.02. The van der Waals surface area contributed by atoms with Crippen molar-refractivity contribution in [3.8, 4) is 22.5 Å². The van der Waals surface area contributed by atoms with Gasteiger partial charge in [0.25, 0.3) is 0 Å². The Morgan fingerprint density at radius 1 is 0.905 bits per heavy atom. The van der Waals surface area contributed by atoms with Gasteiger partial charge in [-0.3, -0.25) is 0 Å². The van der Waals surface area contributed by atoms with Gasteiger partial charge in [0.15, 0.2) is 0 Å². The summed E-state index contributed by atoms with van der Waals surface area (Å²) in [5.74, 6) is 0.149. The van der Waals surface area contributed by atoms with Crippen LogP contribution in [0.3, 0.4) is 0 Å². The molecular formula is C16H13ClN4. The highest BCUT2D eigenvalue weighted by Gasteiger charge is 2.13. The first-order valence-electron chi connectivity index (χ1n) is 6.46. The number of benzene rings is 2. The molecule has 0 spiro atoms. The summed E-state index contributed by atoms with van der Waals surface area (Å²) in [4.78, 5) is 4.34. The number of nitrogen functional groups attached to an aromatic ring is 1. The molecule has 2 aromatic carbocycles. The first-order valence-corrected chi connectivity index (χ1v) is 6.84. The van der Waals surface area contributed by atoms with Crippen molar-refractivity contribution >= 4 is 17.5 Å². The Hall–Kier alpha value is -2.46. The van der Waals surface area contributed by atoms with E-state index in [1.807, 2.05) is 55.5 Å². The van der Waals surface area contributed by atoms with E-state index in [2.05, 4.69) is 15.2 Å². The average molecular weight is 297 g/mol. The first kappa shape index (κ1) is 13.5. The third kappa shape index (κ3) is 2.85. The SMILES string of the molecule is Cc1cc(Cl)cc(-c2nnc(N)nc2-c2ccccc2)c1. The normalized spacial score (nSPS) is 10.6. The molecule has 0 saturated carbocycles. The van der Waals surface area contributed by atoms with Gasteiger partial charge in [0.2, 0.25) is 5.95 Å². The zero-order chi connectivity index (χ0) is 14.8. The minimum Gasteiger partial charge on any atom is -0.366 e. The molecule has 0 saturated heterocycles. The third-order valence-electron chi connectivity index (χ3n) is 3.07. The molecule has 0 bridgehead atoms. The third-order valence-corrected chi connectivity index (χ3v) is 3.28. The lowest BCUT2D eigenvalue weighted by atomic mass is 10.0. The Labute approximate surface area is 127 Å². The summed E-state index contributed by atoms with van der Waals surface area (Å²) in [6.45, 7) is 1.98. The summed E-state index contributed by atoms with van der Waals surface area (Å²) in [5, 5.41) is 8.74. The Balaban J connectivity index is 2.23. The van der Waals surface area contributed by atoms with Crippen LogP contribution >= 0.6 is 11.6 Å². The number of nitrogens with zero attached hydrogens (tertiary/aromatic N) is 3. The van der Waals surface area contributed by atoms with Crippen molar-refractivity contribution in [3.05, 3.63) is 59.1 Å². The van der Waals surface area contributed by atoms with Crippen molar-refractivity contribution in [2.45, 2.75) is 6.92 Å². The summed E-state index contributed by atoms with van der Waals surface area (Å²) in [5.41, 5.74) is 9.92.